The van der Waals surface area contributed by atoms with E-state index in [9.17, 15) is 18.0 Å². The Labute approximate surface area is 186 Å². The topological polar surface area (TPSA) is 81.2 Å². The van der Waals surface area contributed by atoms with Crippen LogP contribution in [0.15, 0.2) is 0 Å². The number of hydrogen-bond donors (Lipinski definition) is 0. The van der Waals surface area contributed by atoms with Crippen molar-refractivity contribution in [1.82, 2.24) is 19.0 Å². The zero-order valence-corrected chi connectivity index (χ0v) is 19.9. The molecule has 0 unspecified atom stereocenters. The summed E-state index contributed by atoms with van der Waals surface area (Å²) in [6, 6.07) is -0.691. The number of likely N-dealkylation sites (tertiary alicyclic amines) is 1. The fourth-order valence-electron chi connectivity index (χ4n) is 4.79. The van der Waals surface area contributed by atoms with Crippen LogP contribution in [-0.4, -0.2) is 104 Å². The summed E-state index contributed by atoms with van der Waals surface area (Å²) in [6.45, 7) is 7.21. The largest absolute Gasteiger partial charge is 0.337 e. The molecular formula is C18H34Cl2N4O4S. The maximum Gasteiger partial charge on any atom is 0.241 e. The van der Waals surface area contributed by atoms with Gasteiger partial charge in [0.15, 0.2) is 0 Å². The highest BCUT2D eigenvalue weighted by Crippen LogP contribution is 2.40. The zero-order chi connectivity index (χ0) is 19.8. The van der Waals surface area contributed by atoms with Gasteiger partial charge in [-0.2, -0.15) is 0 Å². The Morgan fingerprint density at radius 1 is 1.10 bits per heavy atom. The average molecular weight is 473 g/mol. The summed E-state index contributed by atoms with van der Waals surface area (Å²) in [4.78, 5) is 32.1. The molecule has 3 rings (SSSR count). The fraction of sp³-hybridized carbons (Fsp3) is 0.889. The third kappa shape index (κ3) is 5.55. The number of sulfonamides is 1. The number of halogens is 2. The minimum absolute atomic E-state index is 0. The summed E-state index contributed by atoms with van der Waals surface area (Å²) < 4.78 is 25.4. The Morgan fingerprint density at radius 3 is 2.28 bits per heavy atom. The van der Waals surface area contributed by atoms with Gasteiger partial charge in [0, 0.05) is 45.7 Å². The molecule has 3 atom stereocenters. The number of piperazine rings is 1. The first kappa shape index (κ1) is 26.4. The van der Waals surface area contributed by atoms with Gasteiger partial charge in [0.25, 0.3) is 0 Å². The SMILES string of the molecule is CCC[C@H]1C(=O)N(S(C)(=O)=O)[C@H]2CCN(C(=O)CCN3CCN(C)CC3)[C@H]12.Cl.Cl. The van der Waals surface area contributed by atoms with E-state index in [2.05, 4.69) is 16.8 Å². The Hall–Kier alpha value is -0.610. The molecule has 11 heteroatoms. The van der Waals surface area contributed by atoms with Gasteiger partial charge in [0.1, 0.15) is 0 Å². The highest BCUT2D eigenvalue weighted by Gasteiger charge is 2.56. The van der Waals surface area contributed by atoms with Crippen LogP contribution >= 0.6 is 24.8 Å². The minimum atomic E-state index is -3.61. The van der Waals surface area contributed by atoms with Gasteiger partial charge in [0.2, 0.25) is 21.8 Å². The van der Waals surface area contributed by atoms with E-state index in [1.807, 2.05) is 6.92 Å². The first-order chi connectivity index (χ1) is 12.7. The van der Waals surface area contributed by atoms with Gasteiger partial charge in [-0.3, -0.25) is 9.59 Å². The Kier molecular flexibility index (Phi) is 9.67. The third-order valence-corrected chi connectivity index (χ3v) is 7.35. The van der Waals surface area contributed by atoms with Crippen molar-refractivity contribution in [2.75, 3.05) is 52.6 Å². The molecule has 0 N–H and O–H groups in total. The van der Waals surface area contributed by atoms with Crippen molar-refractivity contribution in [1.29, 1.82) is 0 Å². The third-order valence-electron chi connectivity index (χ3n) is 6.18. The predicted octanol–water partition coefficient (Wildman–Crippen LogP) is 0.655. The molecule has 3 fully saturated rings. The summed E-state index contributed by atoms with van der Waals surface area (Å²) in [5, 5.41) is 0. The lowest BCUT2D eigenvalue weighted by atomic mass is 9.94. The number of hydrogen-bond acceptors (Lipinski definition) is 6. The second-order valence-corrected chi connectivity index (χ2v) is 9.98. The number of rotatable bonds is 6. The van der Waals surface area contributed by atoms with Crippen molar-refractivity contribution in [3.63, 3.8) is 0 Å². The van der Waals surface area contributed by atoms with Gasteiger partial charge in [-0.05, 0) is 19.9 Å². The summed E-state index contributed by atoms with van der Waals surface area (Å²) in [6.07, 6.45) is 3.48. The molecule has 0 aromatic rings. The normalized spacial score (nSPS) is 28.1. The van der Waals surface area contributed by atoms with E-state index in [-0.39, 0.29) is 42.7 Å². The molecule has 0 saturated carbocycles. The fourth-order valence-corrected chi connectivity index (χ4v) is 5.97. The van der Waals surface area contributed by atoms with Crippen LogP contribution in [0.5, 0.6) is 0 Å². The van der Waals surface area contributed by atoms with E-state index in [0.717, 1.165) is 49.7 Å². The van der Waals surface area contributed by atoms with Crippen molar-refractivity contribution < 1.29 is 18.0 Å². The van der Waals surface area contributed by atoms with Crippen molar-refractivity contribution in [2.45, 2.75) is 44.7 Å². The monoisotopic (exact) mass is 472 g/mol. The summed E-state index contributed by atoms with van der Waals surface area (Å²) in [7, 11) is -1.51. The summed E-state index contributed by atoms with van der Waals surface area (Å²) >= 11 is 0. The molecule has 2 amide bonds. The van der Waals surface area contributed by atoms with E-state index >= 15 is 0 Å². The van der Waals surface area contributed by atoms with E-state index in [1.54, 1.807) is 4.90 Å². The molecule has 0 spiro atoms. The number of amides is 2. The molecule has 0 radical (unpaired) electrons. The van der Waals surface area contributed by atoms with Crippen molar-refractivity contribution in [3.8, 4) is 0 Å². The number of carbonyl (C=O) groups is 2. The minimum Gasteiger partial charge on any atom is -0.337 e. The van der Waals surface area contributed by atoms with Crippen LogP contribution < -0.4 is 0 Å². The molecule has 0 aliphatic carbocycles. The van der Waals surface area contributed by atoms with Crippen LogP contribution in [0.25, 0.3) is 0 Å². The quantitative estimate of drug-likeness (QED) is 0.564. The molecule has 3 saturated heterocycles. The van der Waals surface area contributed by atoms with Gasteiger partial charge in [-0.25, -0.2) is 12.7 Å². The molecule has 3 heterocycles. The first-order valence-electron chi connectivity index (χ1n) is 9.97. The average Bonchev–Trinajstić information content (AvgIpc) is 3.12. The Bertz CT molecular complexity index is 685. The molecule has 8 nitrogen and oxygen atoms in total. The van der Waals surface area contributed by atoms with E-state index in [1.165, 1.54) is 0 Å². The second-order valence-electron chi connectivity index (χ2n) is 8.12. The van der Waals surface area contributed by atoms with Crippen molar-refractivity contribution in [2.24, 2.45) is 5.92 Å². The van der Waals surface area contributed by atoms with Gasteiger partial charge in [-0.1, -0.05) is 13.3 Å². The van der Waals surface area contributed by atoms with E-state index in [0.29, 0.717) is 25.8 Å². The number of carbonyl (C=O) groups excluding carboxylic acids is 2. The second kappa shape index (κ2) is 10.6. The lowest BCUT2D eigenvalue weighted by molar-refractivity contribution is -0.134. The Morgan fingerprint density at radius 2 is 1.72 bits per heavy atom. The Balaban J connectivity index is 0.00000210. The van der Waals surface area contributed by atoms with Crippen LogP contribution in [0.4, 0.5) is 0 Å². The molecule has 0 bridgehead atoms. The van der Waals surface area contributed by atoms with Gasteiger partial charge in [0.05, 0.1) is 24.3 Å². The van der Waals surface area contributed by atoms with Gasteiger partial charge < -0.3 is 14.7 Å². The highest BCUT2D eigenvalue weighted by atomic mass is 35.5. The van der Waals surface area contributed by atoms with Crippen molar-refractivity contribution >= 4 is 46.7 Å². The first-order valence-corrected chi connectivity index (χ1v) is 11.8. The van der Waals surface area contributed by atoms with Crippen LogP contribution in [0.1, 0.15) is 32.6 Å². The molecule has 170 valence electrons. The number of nitrogens with zero attached hydrogens (tertiary/aromatic N) is 4. The molecule has 29 heavy (non-hydrogen) atoms. The van der Waals surface area contributed by atoms with Crippen LogP contribution in [0.2, 0.25) is 0 Å². The standard InChI is InChI=1S/C18H32N4O4S.2ClH/c1-4-5-14-17-15(22(18(14)24)27(3,25)26)6-9-21(17)16(23)7-8-20-12-10-19(2)11-13-20;;/h14-15,17H,4-13H2,1-3H3;2*1H/t14-,15+,17-;;/m1../s1. The summed E-state index contributed by atoms with van der Waals surface area (Å²) in [5.74, 6) is -0.679. The maximum absolute atomic E-state index is 12.9. The smallest absolute Gasteiger partial charge is 0.241 e. The van der Waals surface area contributed by atoms with Crippen LogP contribution in [-0.2, 0) is 19.6 Å². The molecule has 3 aliphatic heterocycles. The number of likely N-dealkylation sites (N-methyl/N-ethyl adjacent to an activating group) is 1. The highest BCUT2D eigenvalue weighted by molar-refractivity contribution is 7.88. The lowest BCUT2D eigenvalue weighted by Gasteiger charge is -2.33. The van der Waals surface area contributed by atoms with Crippen LogP contribution in [0.3, 0.4) is 0 Å². The van der Waals surface area contributed by atoms with Crippen LogP contribution in [0, 0.1) is 5.92 Å². The lowest BCUT2D eigenvalue weighted by Crippen LogP contribution is -2.47. The molecule has 3 aliphatic rings. The zero-order valence-electron chi connectivity index (χ0n) is 17.4. The number of fused-ring (bicyclic) bond motifs is 1. The predicted molar refractivity (Wildman–Crippen MR) is 117 cm³/mol. The van der Waals surface area contributed by atoms with E-state index < -0.39 is 22.0 Å². The summed E-state index contributed by atoms with van der Waals surface area (Å²) in [5.41, 5.74) is 0. The van der Waals surface area contributed by atoms with Crippen molar-refractivity contribution in [3.05, 3.63) is 0 Å². The molecule has 0 aromatic carbocycles. The molecule has 0 aromatic heterocycles. The maximum atomic E-state index is 12.9. The van der Waals surface area contributed by atoms with E-state index in [4.69, 9.17) is 0 Å². The van der Waals surface area contributed by atoms with Gasteiger partial charge >= 0.3 is 0 Å². The van der Waals surface area contributed by atoms with Gasteiger partial charge in [-0.15, -0.1) is 24.8 Å². The molecular weight excluding hydrogens is 439 g/mol.